The van der Waals surface area contributed by atoms with E-state index < -0.39 is 6.03 Å². The summed E-state index contributed by atoms with van der Waals surface area (Å²) in [6.07, 6.45) is 1.35. The van der Waals surface area contributed by atoms with Gasteiger partial charge in [-0.3, -0.25) is 0 Å². The van der Waals surface area contributed by atoms with Crippen LogP contribution in [0.1, 0.15) is 0 Å². The summed E-state index contributed by atoms with van der Waals surface area (Å²) in [6, 6.07) is 13.7. The molecule has 2 amide bonds. The van der Waals surface area contributed by atoms with Crippen molar-refractivity contribution in [2.45, 2.75) is 0 Å². The predicted octanol–water partition coefficient (Wildman–Crippen LogP) is 3.90. The van der Waals surface area contributed by atoms with Gasteiger partial charge in [0, 0.05) is 4.47 Å². The summed E-state index contributed by atoms with van der Waals surface area (Å²) >= 11 is 9.58. The number of carbonyl (C=O) groups is 1. The smallest absolute Gasteiger partial charge is 0.326 e. The van der Waals surface area contributed by atoms with Crippen molar-refractivity contribution in [3.63, 3.8) is 0 Å². The molecule has 0 spiro atoms. The maximum absolute atomic E-state index is 12.0. The molecule has 8 heteroatoms. The van der Waals surface area contributed by atoms with Crippen molar-refractivity contribution in [2.75, 3.05) is 4.90 Å². The molecule has 3 rings (SSSR count). The van der Waals surface area contributed by atoms with E-state index in [-0.39, 0.29) is 5.95 Å². The number of carbonyl (C=O) groups excluding carboxylic acids is 1. The van der Waals surface area contributed by atoms with Crippen LogP contribution >= 0.6 is 27.5 Å². The summed E-state index contributed by atoms with van der Waals surface area (Å²) in [5.41, 5.74) is 6.72. The first-order chi connectivity index (χ1) is 11.1. The summed E-state index contributed by atoms with van der Waals surface area (Å²) in [4.78, 5) is 17.4. The van der Waals surface area contributed by atoms with Crippen LogP contribution in [0.5, 0.6) is 0 Å². The highest BCUT2D eigenvalue weighted by atomic mass is 79.9. The molecule has 23 heavy (non-hydrogen) atoms. The van der Waals surface area contributed by atoms with Crippen molar-refractivity contribution in [3.05, 3.63) is 64.4 Å². The maximum Gasteiger partial charge on any atom is 0.326 e. The average molecular weight is 393 g/mol. The highest BCUT2D eigenvalue weighted by Crippen LogP contribution is 2.33. The molecule has 0 saturated carbocycles. The molecule has 1 heterocycles. The Morgan fingerprint density at radius 2 is 1.96 bits per heavy atom. The predicted molar refractivity (Wildman–Crippen MR) is 92.2 cm³/mol. The van der Waals surface area contributed by atoms with Gasteiger partial charge in [0.2, 0.25) is 5.95 Å². The van der Waals surface area contributed by atoms with Crippen LogP contribution in [0.25, 0.3) is 5.69 Å². The van der Waals surface area contributed by atoms with E-state index in [9.17, 15) is 4.79 Å². The second-order valence-electron chi connectivity index (χ2n) is 4.58. The molecule has 0 fully saturated rings. The summed E-state index contributed by atoms with van der Waals surface area (Å²) in [6.45, 7) is 0. The standard InChI is InChI=1S/C15H11BrClN5O/c16-10-6-7-13(12(17)8-10)21(14(18)23)15-19-9-20-22(15)11-4-2-1-3-5-11/h1-9H,(H2,18,23). The minimum atomic E-state index is -0.709. The van der Waals surface area contributed by atoms with E-state index in [0.717, 1.165) is 10.2 Å². The van der Waals surface area contributed by atoms with Gasteiger partial charge in [-0.15, -0.1) is 0 Å². The average Bonchev–Trinajstić information content (AvgIpc) is 2.99. The largest absolute Gasteiger partial charge is 0.351 e. The highest BCUT2D eigenvalue weighted by Gasteiger charge is 2.23. The second kappa shape index (κ2) is 6.39. The zero-order valence-corrected chi connectivity index (χ0v) is 14.1. The van der Waals surface area contributed by atoms with Gasteiger partial charge in [0.1, 0.15) is 6.33 Å². The molecule has 2 aromatic carbocycles. The Kier molecular flexibility index (Phi) is 4.31. The Morgan fingerprint density at radius 3 is 2.61 bits per heavy atom. The third-order valence-corrected chi connectivity index (χ3v) is 3.90. The van der Waals surface area contributed by atoms with Gasteiger partial charge in [0.15, 0.2) is 0 Å². The number of nitrogens with zero attached hydrogens (tertiary/aromatic N) is 4. The number of hydrogen-bond donors (Lipinski definition) is 1. The van der Waals surface area contributed by atoms with Crippen LogP contribution in [0.4, 0.5) is 16.4 Å². The molecule has 0 aliphatic rings. The number of anilines is 2. The molecule has 0 bridgehead atoms. The monoisotopic (exact) mass is 391 g/mol. The Morgan fingerprint density at radius 1 is 1.22 bits per heavy atom. The minimum absolute atomic E-state index is 0.257. The Balaban J connectivity index is 2.14. The molecule has 2 N–H and O–H groups in total. The topological polar surface area (TPSA) is 77.0 Å². The SMILES string of the molecule is NC(=O)N(c1ccc(Br)cc1Cl)c1ncnn1-c1ccccc1. The molecule has 0 aliphatic heterocycles. The van der Waals surface area contributed by atoms with Crippen LogP contribution < -0.4 is 10.6 Å². The van der Waals surface area contributed by atoms with Gasteiger partial charge < -0.3 is 5.73 Å². The summed E-state index contributed by atoms with van der Waals surface area (Å²) < 4.78 is 2.31. The number of halogens is 2. The lowest BCUT2D eigenvalue weighted by Crippen LogP contribution is -2.33. The van der Waals surface area contributed by atoms with Crippen molar-refractivity contribution in [3.8, 4) is 5.69 Å². The summed E-state index contributed by atoms with van der Waals surface area (Å²) in [5.74, 6) is 0.257. The fraction of sp³-hybridized carbons (Fsp3) is 0. The van der Waals surface area contributed by atoms with Gasteiger partial charge in [-0.2, -0.15) is 14.8 Å². The molecule has 0 atom stereocenters. The van der Waals surface area contributed by atoms with Crippen LogP contribution in [0.15, 0.2) is 59.3 Å². The third kappa shape index (κ3) is 3.06. The molecule has 0 unspecified atom stereocenters. The first-order valence-electron chi connectivity index (χ1n) is 6.58. The first kappa shape index (κ1) is 15.5. The quantitative estimate of drug-likeness (QED) is 0.734. The summed E-state index contributed by atoms with van der Waals surface area (Å²) in [7, 11) is 0. The van der Waals surface area contributed by atoms with E-state index in [1.807, 2.05) is 30.3 Å². The number of para-hydroxylation sites is 1. The zero-order chi connectivity index (χ0) is 16.4. The number of hydrogen-bond acceptors (Lipinski definition) is 3. The fourth-order valence-corrected chi connectivity index (χ4v) is 2.88. The van der Waals surface area contributed by atoms with E-state index in [1.165, 1.54) is 15.9 Å². The highest BCUT2D eigenvalue weighted by molar-refractivity contribution is 9.10. The normalized spacial score (nSPS) is 10.5. The molecule has 0 saturated heterocycles. The number of benzene rings is 2. The Labute approximate surface area is 145 Å². The van der Waals surface area contributed by atoms with Gasteiger partial charge in [-0.05, 0) is 30.3 Å². The maximum atomic E-state index is 12.0. The van der Waals surface area contributed by atoms with Crippen LogP contribution in [0.2, 0.25) is 5.02 Å². The number of primary amides is 1. The lowest BCUT2D eigenvalue weighted by molar-refractivity contribution is 0.255. The number of aromatic nitrogens is 3. The van der Waals surface area contributed by atoms with Crippen molar-refractivity contribution >= 4 is 45.2 Å². The minimum Gasteiger partial charge on any atom is -0.351 e. The van der Waals surface area contributed by atoms with Crippen molar-refractivity contribution in [2.24, 2.45) is 5.73 Å². The molecular weight excluding hydrogens is 382 g/mol. The first-order valence-corrected chi connectivity index (χ1v) is 7.75. The molecule has 3 aromatic rings. The Hall–Kier alpha value is -2.38. The van der Waals surface area contributed by atoms with Gasteiger partial charge in [-0.25, -0.2) is 9.69 Å². The van der Waals surface area contributed by atoms with Gasteiger partial charge in [-0.1, -0.05) is 45.7 Å². The molecule has 0 aliphatic carbocycles. The fourth-order valence-electron chi connectivity index (χ4n) is 2.13. The van der Waals surface area contributed by atoms with E-state index in [2.05, 4.69) is 26.0 Å². The molecular formula is C15H11BrClN5O. The van der Waals surface area contributed by atoms with Crippen LogP contribution in [-0.4, -0.2) is 20.8 Å². The summed E-state index contributed by atoms with van der Waals surface area (Å²) in [5, 5.41) is 4.53. The van der Waals surface area contributed by atoms with Crippen molar-refractivity contribution in [1.29, 1.82) is 0 Å². The third-order valence-electron chi connectivity index (χ3n) is 3.10. The van der Waals surface area contributed by atoms with Crippen molar-refractivity contribution in [1.82, 2.24) is 14.8 Å². The van der Waals surface area contributed by atoms with E-state index in [1.54, 1.807) is 18.2 Å². The van der Waals surface area contributed by atoms with Crippen LogP contribution in [0.3, 0.4) is 0 Å². The molecule has 0 radical (unpaired) electrons. The number of rotatable bonds is 3. The number of amides is 2. The lowest BCUT2D eigenvalue weighted by Gasteiger charge is -2.21. The second-order valence-corrected chi connectivity index (χ2v) is 5.90. The number of nitrogens with two attached hydrogens (primary N) is 1. The van der Waals surface area contributed by atoms with Crippen molar-refractivity contribution < 1.29 is 4.79 Å². The molecule has 116 valence electrons. The van der Waals surface area contributed by atoms with Crippen LogP contribution in [-0.2, 0) is 0 Å². The van der Waals surface area contributed by atoms with Gasteiger partial charge >= 0.3 is 6.03 Å². The Bertz CT molecular complexity index is 852. The lowest BCUT2D eigenvalue weighted by atomic mass is 10.3. The van der Waals surface area contributed by atoms with Gasteiger partial charge in [0.25, 0.3) is 0 Å². The number of urea groups is 1. The van der Waals surface area contributed by atoms with E-state index in [4.69, 9.17) is 17.3 Å². The van der Waals surface area contributed by atoms with E-state index >= 15 is 0 Å². The van der Waals surface area contributed by atoms with E-state index in [0.29, 0.717) is 10.7 Å². The van der Waals surface area contributed by atoms with Gasteiger partial charge in [0.05, 0.1) is 16.4 Å². The van der Waals surface area contributed by atoms with Crippen LogP contribution in [0, 0.1) is 0 Å². The zero-order valence-electron chi connectivity index (χ0n) is 11.7. The molecule has 6 nitrogen and oxygen atoms in total. The molecule has 1 aromatic heterocycles.